The van der Waals surface area contributed by atoms with Crippen LogP contribution in [0.15, 0.2) is 192 Å². The first kappa shape index (κ1) is 29.6. The van der Waals surface area contributed by atoms with Gasteiger partial charge in [-0.05, 0) is 80.2 Å². The minimum Gasteiger partial charge on any atom is -0.228 e. The van der Waals surface area contributed by atoms with Crippen molar-refractivity contribution in [3.05, 3.63) is 182 Å². The van der Waals surface area contributed by atoms with E-state index in [2.05, 4.69) is 182 Å². The third-order valence-corrected chi connectivity index (χ3v) is 11.1. The van der Waals surface area contributed by atoms with Crippen LogP contribution in [0.1, 0.15) is 0 Å². The van der Waals surface area contributed by atoms with Crippen LogP contribution in [0, 0.1) is 0 Å². The molecule has 0 bridgehead atoms. The Labute approximate surface area is 301 Å². The molecule has 0 radical (unpaired) electrons. The van der Waals surface area contributed by atoms with Gasteiger partial charge in [-0.1, -0.05) is 163 Å². The summed E-state index contributed by atoms with van der Waals surface area (Å²) in [6, 6.07) is 64.9. The van der Waals surface area contributed by atoms with Gasteiger partial charge in [0.05, 0.1) is 11.2 Å². The van der Waals surface area contributed by atoms with Gasteiger partial charge in [-0.25, -0.2) is 9.97 Å². The quantitative estimate of drug-likeness (QED) is 0.183. The summed E-state index contributed by atoms with van der Waals surface area (Å²) in [5.74, 6) is 0.739. The van der Waals surface area contributed by atoms with Crippen molar-refractivity contribution < 1.29 is 0 Å². The largest absolute Gasteiger partial charge is 0.228 e. The highest BCUT2D eigenvalue weighted by Gasteiger charge is 2.25. The monoisotopic (exact) mass is 666 g/mol. The third-order valence-electron chi connectivity index (χ3n) is 9.89. The van der Waals surface area contributed by atoms with E-state index in [1.165, 1.54) is 65.1 Å². The van der Waals surface area contributed by atoms with Crippen molar-refractivity contribution in [2.24, 2.45) is 0 Å². The highest BCUT2D eigenvalue weighted by molar-refractivity contribution is 8.00. The molecule has 0 amide bonds. The Morgan fingerprint density at radius 3 is 1.71 bits per heavy atom. The first-order valence-corrected chi connectivity index (χ1v) is 18.1. The Hall–Kier alpha value is -6.29. The summed E-state index contributed by atoms with van der Waals surface area (Å²) in [5.41, 5.74) is 13.7. The van der Waals surface area contributed by atoms with Crippen LogP contribution >= 0.6 is 11.8 Å². The number of hydrogen-bond donors (Lipinski definition) is 0. The van der Waals surface area contributed by atoms with E-state index in [9.17, 15) is 0 Å². The molecular formula is C48H30N2S. The number of hydrogen-bond acceptors (Lipinski definition) is 3. The Morgan fingerprint density at radius 2 is 0.922 bits per heavy atom. The molecule has 0 saturated carbocycles. The van der Waals surface area contributed by atoms with Crippen LogP contribution in [0.4, 0.5) is 0 Å². The molecule has 1 aliphatic heterocycles. The molecule has 10 rings (SSSR count). The summed E-state index contributed by atoms with van der Waals surface area (Å²) in [6.07, 6.45) is 0. The summed E-state index contributed by atoms with van der Waals surface area (Å²) in [6.45, 7) is 0. The first-order chi connectivity index (χ1) is 25.3. The SMILES string of the molecule is c1ccc(-c2cccc(-c3nc(-c4cccc5c4Sc4ccc(-c6cccc(-c7ccccc7)c6)c6cccc-5c46)nc4ccccc34)c2)cc1. The molecule has 3 heteroatoms. The summed E-state index contributed by atoms with van der Waals surface area (Å²) in [5, 5.41) is 3.61. The van der Waals surface area contributed by atoms with Crippen LogP contribution in [-0.4, -0.2) is 9.97 Å². The topological polar surface area (TPSA) is 25.8 Å². The van der Waals surface area contributed by atoms with E-state index in [0.717, 1.165) is 33.5 Å². The lowest BCUT2D eigenvalue weighted by molar-refractivity contribution is 1.20. The molecule has 2 nitrogen and oxygen atoms in total. The molecule has 0 atom stereocenters. The maximum Gasteiger partial charge on any atom is 0.161 e. The lowest BCUT2D eigenvalue weighted by Crippen LogP contribution is -2.00. The molecular weight excluding hydrogens is 637 g/mol. The van der Waals surface area contributed by atoms with Gasteiger partial charge in [-0.3, -0.25) is 0 Å². The first-order valence-electron chi connectivity index (χ1n) is 17.2. The molecule has 0 spiro atoms. The van der Waals surface area contributed by atoms with Gasteiger partial charge in [-0.15, -0.1) is 0 Å². The van der Waals surface area contributed by atoms with Gasteiger partial charge in [0.15, 0.2) is 5.82 Å². The Balaban J connectivity index is 1.11. The van der Waals surface area contributed by atoms with Crippen molar-refractivity contribution in [2.45, 2.75) is 9.79 Å². The van der Waals surface area contributed by atoms with Crippen LogP contribution in [0.3, 0.4) is 0 Å². The average Bonchev–Trinajstić information content (AvgIpc) is 3.21. The lowest BCUT2D eigenvalue weighted by Gasteiger charge is -2.24. The fourth-order valence-electron chi connectivity index (χ4n) is 7.47. The van der Waals surface area contributed by atoms with Crippen LogP contribution in [0.5, 0.6) is 0 Å². The van der Waals surface area contributed by atoms with Crippen LogP contribution in [0.2, 0.25) is 0 Å². The minimum absolute atomic E-state index is 0.739. The van der Waals surface area contributed by atoms with Gasteiger partial charge < -0.3 is 0 Å². The molecule has 0 saturated heterocycles. The van der Waals surface area contributed by atoms with Crippen LogP contribution in [0.25, 0.3) is 88.8 Å². The van der Waals surface area contributed by atoms with Gasteiger partial charge in [0.2, 0.25) is 0 Å². The highest BCUT2D eigenvalue weighted by atomic mass is 32.2. The second-order valence-electron chi connectivity index (χ2n) is 12.9. The van der Waals surface area contributed by atoms with Crippen molar-refractivity contribution >= 4 is 33.4 Å². The highest BCUT2D eigenvalue weighted by Crippen LogP contribution is 2.52. The van der Waals surface area contributed by atoms with Crippen LogP contribution < -0.4 is 0 Å². The van der Waals surface area contributed by atoms with Crippen molar-refractivity contribution in [2.75, 3.05) is 0 Å². The van der Waals surface area contributed by atoms with Gasteiger partial charge in [-0.2, -0.15) is 0 Å². The van der Waals surface area contributed by atoms with Crippen molar-refractivity contribution in [3.8, 4) is 67.2 Å². The zero-order valence-electron chi connectivity index (χ0n) is 27.6. The zero-order chi connectivity index (χ0) is 33.7. The Kier molecular flexibility index (Phi) is 7.11. The molecule has 8 aromatic carbocycles. The lowest BCUT2D eigenvalue weighted by atomic mass is 9.91. The normalized spacial score (nSPS) is 11.8. The van der Waals surface area contributed by atoms with Crippen molar-refractivity contribution in [3.63, 3.8) is 0 Å². The Morgan fingerprint density at radius 1 is 0.353 bits per heavy atom. The van der Waals surface area contributed by atoms with Gasteiger partial charge in [0, 0.05) is 31.7 Å². The van der Waals surface area contributed by atoms with E-state index in [4.69, 9.17) is 9.97 Å². The second-order valence-corrected chi connectivity index (χ2v) is 14.0. The zero-order valence-corrected chi connectivity index (χ0v) is 28.4. The number of aromatic nitrogens is 2. The van der Waals surface area contributed by atoms with E-state index in [1.54, 1.807) is 0 Å². The fourth-order valence-corrected chi connectivity index (χ4v) is 8.71. The molecule has 9 aromatic rings. The predicted molar refractivity (Wildman–Crippen MR) is 214 cm³/mol. The number of benzene rings is 8. The molecule has 2 heterocycles. The van der Waals surface area contributed by atoms with Gasteiger partial charge in [0.25, 0.3) is 0 Å². The van der Waals surface area contributed by atoms with E-state index in [1.807, 2.05) is 11.8 Å². The maximum absolute atomic E-state index is 5.35. The fraction of sp³-hybridized carbons (Fsp3) is 0. The van der Waals surface area contributed by atoms with E-state index in [0.29, 0.717) is 0 Å². The summed E-state index contributed by atoms with van der Waals surface area (Å²) < 4.78 is 0. The van der Waals surface area contributed by atoms with E-state index < -0.39 is 0 Å². The van der Waals surface area contributed by atoms with Crippen molar-refractivity contribution in [1.29, 1.82) is 0 Å². The molecule has 0 N–H and O–H groups in total. The Bertz CT molecular complexity index is 2770. The number of nitrogens with zero attached hydrogens (tertiary/aromatic N) is 2. The standard InChI is InChI=1S/C48H30N2S/c1-3-13-31(14-4-1)33-17-9-19-35(29-33)37-27-28-44-45-38(37)22-11-23-39(45)40-24-12-25-42(47(40)51-44)48-49-43-26-8-7-21-41(43)46(50-48)36-20-10-18-34(30-36)32-15-5-2-6-16-32/h1-30H. The smallest absolute Gasteiger partial charge is 0.161 e. The van der Waals surface area contributed by atoms with Crippen LogP contribution in [-0.2, 0) is 0 Å². The van der Waals surface area contributed by atoms with E-state index in [-0.39, 0.29) is 0 Å². The maximum atomic E-state index is 5.35. The minimum atomic E-state index is 0.739. The predicted octanol–water partition coefficient (Wildman–Crippen LogP) is 13.2. The number of para-hydroxylation sites is 1. The summed E-state index contributed by atoms with van der Waals surface area (Å²) in [7, 11) is 0. The molecule has 1 aromatic heterocycles. The van der Waals surface area contributed by atoms with Gasteiger partial charge >= 0.3 is 0 Å². The molecule has 0 unspecified atom stereocenters. The molecule has 51 heavy (non-hydrogen) atoms. The molecule has 0 fully saturated rings. The summed E-state index contributed by atoms with van der Waals surface area (Å²) in [4.78, 5) is 13.0. The second kappa shape index (κ2) is 12.2. The van der Waals surface area contributed by atoms with Gasteiger partial charge in [0.1, 0.15) is 0 Å². The summed E-state index contributed by atoms with van der Waals surface area (Å²) >= 11 is 1.83. The molecule has 238 valence electrons. The average molecular weight is 667 g/mol. The molecule has 1 aliphatic rings. The van der Waals surface area contributed by atoms with Crippen molar-refractivity contribution in [1.82, 2.24) is 9.97 Å². The number of rotatable bonds is 5. The molecule has 0 aliphatic carbocycles. The number of fused-ring (bicyclic) bond motifs is 3. The van der Waals surface area contributed by atoms with E-state index >= 15 is 0 Å². The third kappa shape index (κ3) is 5.13.